The van der Waals surface area contributed by atoms with Gasteiger partial charge in [0.15, 0.2) is 0 Å². The molecule has 0 amide bonds. The van der Waals surface area contributed by atoms with Crippen molar-refractivity contribution in [2.45, 2.75) is 37.5 Å². The molecular weight excluding hydrogens is 188 g/mol. The Balaban J connectivity index is 2.40. The molecule has 0 radical (unpaired) electrons. The molecule has 0 atom stereocenters. The maximum Gasteiger partial charge on any atom is 0.0112 e. The molecule has 0 spiro atoms. The number of allylic oxidation sites excluding steroid dienone is 1. The summed E-state index contributed by atoms with van der Waals surface area (Å²) in [6.07, 6.45) is 9.49. The number of hydrogen-bond acceptors (Lipinski definition) is 1. The first-order chi connectivity index (χ1) is 6.84. The summed E-state index contributed by atoms with van der Waals surface area (Å²) in [7, 11) is 0. The summed E-state index contributed by atoms with van der Waals surface area (Å²) in [6.45, 7) is 2.23. The minimum absolute atomic E-state index is 1.05. The van der Waals surface area contributed by atoms with E-state index >= 15 is 0 Å². The SMILES string of the molecule is CCCCCC=Cc1ccccc1S. The van der Waals surface area contributed by atoms with E-state index in [1.54, 1.807) is 0 Å². The Morgan fingerprint density at radius 2 is 2.00 bits per heavy atom. The zero-order valence-corrected chi connectivity index (χ0v) is 9.63. The van der Waals surface area contributed by atoms with E-state index in [1.165, 1.54) is 31.2 Å². The summed E-state index contributed by atoms with van der Waals surface area (Å²) >= 11 is 4.39. The van der Waals surface area contributed by atoms with Gasteiger partial charge in [-0.25, -0.2) is 0 Å². The maximum atomic E-state index is 4.39. The van der Waals surface area contributed by atoms with E-state index in [0.29, 0.717) is 0 Å². The Kier molecular flexibility index (Phi) is 5.46. The number of unbranched alkanes of at least 4 members (excludes halogenated alkanes) is 3. The molecule has 1 aromatic rings. The molecule has 0 saturated carbocycles. The first-order valence-electron chi connectivity index (χ1n) is 5.29. The average Bonchev–Trinajstić information content (AvgIpc) is 2.20. The van der Waals surface area contributed by atoms with Gasteiger partial charge in [-0.2, -0.15) is 0 Å². The van der Waals surface area contributed by atoms with E-state index in [1.807, 2.05) is 18.2 Å². The predicted molar refractivity (Wildman–Crippen MR) is 66.9 cm³/mol. The Labute approximate surface area is 92.5 Å². The van der Waals surface area contributed by atoms with Crippen LogP contribution in [0.25, 0.3) is 6.08 Å². The second kappa shape index (κ2) is 6.72. The van der Waals surface area contributed by atoms with Crippen LogP contribution in [0, 0.1) is 0 Å². The molecular formula is C13H18S. The molecule has 76 valence electrons. The molecule has 0 nitrogen and oxygen atoms in total. The van der Waals surface area contributed by atoms with Gasteiger partial charge in [-0.05, 0) is 24.5 Å². The van der Waals surface area contributed by atoms with Crippen molar-refractivity contribution in [2.24, 2.45) is 0 Å². The van der Waals surface area contributed by atoms with Gasteiger partial charge in [-0.3, -0.25) is 0 Å². The normalized spacial score (nSPS) is 11.0. The smallest absolute Gasteiger partial charge is 0.0112 e. The van der Waals surface area contributed by atoms with Crippen LogP contribution in [0.3, 0.4) is 0 Å². The standard InChI is InChI=1S/C13H18S/c1-2-3-4-5-6-9-12-10-7-8-11-13(12)14/h6-11,14H,2-5H2,1H3. The zero-order chi connectivity index (χ0) is 10.2. The lowest BCUT2D eigenvalue weighted by Gasteiger charge is -1.97. The van der Waals surface area contributed by atoms with Crippen molar-refractivity contribution in [1.29, 1.82) is 0 Å². The van der Waals surface area contributed by atoms with Crippen LogP contribution < -0.4 is 0 Å². The van der Waals surface area contributed by atoms with Crippen LogP contribution in [0.4, 0.5) is 0 Å². The summed E-state index contributed by atoms with van der Waals surface area (Å²) in [5.41, 5.74) is 1.22. The molecule has 0 saturated heterocycles. The Morgan fingerprint density at radius 3 is 2.71 bits per heavy atom. The van der Waals surface area contributed by atoms with E-state index < -0.39 is 0 Å². The molecule has 0 aliphatic rings. The Bertz CT molecular complexity index is 289. The highest BCUT2D eigenvalue weighted by atomic mass is 32.1. The van der Waals surface area contributed by atoms with Gasteiger partial charge in [0.25, 0.3) is 0 Å². The molecule has 0 fully saturated rings. The topological polar surface area (TPSA) is 0 Å². The van der Waals surface area contributed by atoms with Gasteiger partial charge in [0.2, 0.25) is 0 Å². The summed E-state index contributed by atoms with van der Waals surface area (Å²) < 4.78 is 0. The first-order valence-corrected chi connectivity index (χ1v) is 5.74. The minimum Gasteiger partial charge on any atom is -0.143 e. The lowest BCUT2D eigenvalue weighted by Crippen LogP contribution is -1.75. The zero-order valence-electron chi connectivity index (χ0n) is 8.74. The average molecular weight is 206 g/mol. The third-order valence-corrected chi connectivity index (χ3v) is 2.62. The van der Waals surface area contributed by atoms with Crippen molar-refractivity contribution in [3.05, 3.63) is 35.9 Å². The number of benzene rings is 1. The number of rotatable bonds is 5. The molecule has 1 heteroatoms. The van der Waals surface area contributed by atoms with E-state index in [2.05, 4.69) is 37.8 Å². The molecule has 0 bridgehead atoms. The Hall–Kier alpha value is -0.690. The van der Waals surface area contributed by atoms with Crippen molar-refractivity contribution < 1.29 is 0 Å². The molecule has 1 aromatic carbocycles. The van der Waals surface area contributed by atoms with Gasteiger partial charge < -0.3 is 0 Å². The molecule has 0 aliphatic carbocycles. The van der Waals surface area contributed by atoms with Gasteiger partial charge in [-0.1, -0.05) is 50.1 Å². The third-order valence-electron chi connectivity index (χ3n) is 2.21. The molecule has 0 aliphatic heterocycles. The highest BCUT2D eigenvalue weighted by molar-refractivity contribution is 7.80. The fourth-order valence-electron chi connectivity index (χ4n) is 1.35. The van der Waals surface area contributed by atoms with Crippen LogP contribution in [0.1, 0.15) is 38.2 Å². The molecule has 0 aromatic heterocycles. The van der Waals surface area contributed by atoms with Crippen LogP contribution >= 0.6 is 12.6 Å². The van der Waals surface area contributed by atoms with Gasteiger partial charge in [0, 0.05) is 4.90 Å². The van der Waals surface area contributed by atoms with Crippen molar-refractivity contribution in [3.63, 3.8) is 0 Å². The van der Waals surface area contributed by atoms with E-state index in [4.69, 9.17) is 0 Å². The largest absolute Gasteiger partial charge is 0.143 e. The van der Waals surface area contributed by atoms with Crippen LogP contribution in [-0.4, -0.2) is 0 Å². The minimum atomic E-state index is 1.05. The van der Waals surface area contributed by atoms with Gasteiger partial charge in [0.1, 0.15) is 0 Å². The van der Waals surface area contributed by atoms with Crippen LogP contribution in [0.15, 0.2) is 35.2 Å². The summed E-state index contributed by atoms with van der Waals surface area (Å²) in [4.78, 5) is 1.05. The third kappa shape index (κ3) is 4.01. The highest BCUT2D eigenvalue weighted by Crippen LogP contribution is 2.15. The fourth-order valence-corrected chi connectivity index (χ4v) is 1.59. The van der Waals surface area contributed by atoms with Crippen LogP contribution in [0.2, 0.25) is 0 Å². The lowest BCUT2D eigenvalue weighted by molar-refractivity contribution is 0.730. The predicted octanol–water partition coefficient (Wildman–Crippen LogP) is 4.57. The van der Waals surface area contributed by atoms with Crippen molar-refractivity contribution >= 4 is 18.7 Å². The maximum absolute atomic E-state index is 4.39. The molecule has 1 rings (SSSR count). The number of thiol groups is 1. The molecule has 14 heavy (non-hydrogen) atoms. The monoisotopic (exact) mass is 206 g/mol. The van der Waals surface area contributed by atoms with E-state index in [0.717, 1.165) is 4.90 Å². The molecule has 0 heterocycles. The van der Waals surface area contributed by atoms with Gasteiger partial charge in [0.05, 0.1) is 0 Å². The van der Waals surface area contributed by atoms with Gasteiger partial charge in [-0.15, -0.1) is 12.6 Å². The highest BCUT2D eigenvalue weighted by Gasteiger charge is 1.90. The summed E-state index contributed by atoms with van der Waals surface area (Å²) in [6, 6.07) is 8.18. The molecule has 0 unspecified atom stereocenters. The second-order valence-corrected chi connectivity index (χ2v) is 3.94. The number of hydrogen-bond donors (Lipinski definition) is 1. The van der Waals surface area contributed by atoms with Crippen LogP contribution in [0.5, 0.6) is 0 Å². The summed E-state index contributed by atoms with van der Waals surface area (Å²) in [5, 5.41) is 0. The fraction of sp³-hybridized carbons (Fsp3) is 0.385. The Morgan fingerprint density at radius 1 is 1.21 bits per heavy atom. The quantitative estimate of drug-likeness (QED) is 0.529. The van der Waals surface area contributed by atoms with E-state index in [-0.39, 0.29) is 0 Å². The second-order valence-electron chi connectivity index (χ2n) is 3.46. The first kappa shape index (κ1) is 11.4. The van der Waals surface area contributed by atoms with Gasteiger partial charge >= 0.3 is 0 Å². The van der Waals surface area contributed by atoms with Crippen molar-refractivity contribution in [1.82, 2.24) is 0 Å². The van der Waals surface area contributed by atoms with E-state index in [9.17, 15) is 0 Å². The molecule has 0 N–H and O–H groups in total. The van der Waals surface area contributed by atoms with Crippen molar-refractivity contribution in [3.8, 4) is 0 Å². The van der Waals surface area contributed by atoms with Crippen molar-refractivity contribution in [2.75, 3.05) is 0 Å². The lowest BCUT2D eigenvalue weighted by atomic mass is 10.1. The van der Waals surface area contributed by atoms with Crippen LogP contribution in [-0.2, 0) is 0 Å². The summed E-state index contributed by atoms with van der Waals surface area (Å²) in [5.74, 6) is 0.